The highest BCUT2D eigenvalue weighted by Crippen LogP contribution is 2.01. The van der Waals surface area contributed by atoms with Gasteiger partial charge in [0.2, 0.25) is 8.61 Å². The van der Waals surface area contributed by atoms with Crippen LogP contribution in [-0.4, -0.2) is 27.1 Å². The molecule has 0 bridgehead atoms. The number of carbonyl (C=O) groups is 1. The van der Waals surface area contributed by atoms with Gasteiger partial charge in [-0.2, -0.15) is 0 Å². The number of nitrogens with one attached hydrogen (secondary N) is 2. The summed E-state index contributed by atoms with van der Waals surface area (Å²) in [5.74, 6) is -1.04. The predicted molar refractivity (Wildman–Crippen MR) is 44.5 cm³/mol. The van der Waals surface area contributed by atoms with Gasteiger partial charge in [-0.15, -0.1) is 0 Å². The summed E-state index contributed by atoms with van der Waals surface area (Å²) in [5, 5.41) is 11.0. The van der Waals surface area contributed by atoms with E-state index in [4.69, 9.17) is 5.11 Å². The van der Waals surface area contributed by atoms with Crippen molar-refractivity contribution in [2.24, 2.45) is 0 Å². The Hall–Kier alpha value is -1.26. The molecule has 7 heteroatoms. The van der Waals surface area contributed by atoms with Gasteiger partial charge in [0, 0.05) is 18.3 Å². The minimum atomic E-state index is -1.04. The minimum Gasteiger partial charge on any atom is -0.480 e. The van der Waals surface area contributed by atoms with E-state index in [9.17, 15) is 9.36 Å². The summed E-state index contributed by atoms with van der Waals surface area (Å²) in [5.41, 5.74) is 0.684. The summed E-state index contributed by atoms with van der Waals surface area (Å²) in [7, 11) is -0.389. The normalized spacial score (nSPS) is 12.9. The van der Waals surface area contributed by atoms with Gasteiger partial charge in [0.15, 0.2) is 0 Å². The fraction of sp³-hybridized carbons (Fsp3) is 0.333. The van der Waals surface area contributed by atoms with Crippen molar-refractivity contribution in [3.8, 4) is 0 Å². The highest BCUT2D eigenvalue weighted by Gasteiger charge is 2.17. The van der Waals surface area contributed by atoms with Gasteiger partial charge in [-0.3, -0.25) is 9.36 Å². The maximum Gasteiger partial charge on any atom is 0.321 e. The molecule has 0 radical (unpaired) electrons. The van der Waals surface area contributed by atoms with E-state index in [1.807, 2.05) is 0 Å². The van der Waals surface area contributed by atoms with E-state index in [0.717, 1.165) is 0 Å². The van der Waals surface area contributed by atoms with Crippen LogP contribution in [-0.2, 0) is 15.8 Å². The Balaban J connectivity index is 2.57. The van der Waals surface area contributed by atoms with Crippen LogP contribution < -0.4 is 5.09 Å². The molecule has 0 saturated carbocycles. The molecule has 0 aliphatic heterocycles. The van der Waals surface area contributed by atoms with Gasteiger partial charge >= 0.3 is 5.97 Å². The van der Waals surface area contributed by atoms with Crippen LogP contribution in [0.1, 0.15) is 5.69 Å². The number of imidazole rings is 1. The average molecular weight is 201 g/mol. The first-order valence-electron chi connectivity index (χ1n) is 3.52. The zero-order valence-corrected chi connectivity index (χ0v) is 7.49. The second-order valence-corrected chi connectivity index (χ2v) is 2.83. The Morgan fingerprint density at radius 3 is 3.08 bits per heavy atom. The number of carboxylic acid groups (broad SMARTS) is 1. The van der Waals surface area contributed by atoms with Crippen molar-refractivity contribution in [3.05, 3.63) is 18.2 Å². The Bertz CT molecular complexity index is 287. The van der Waals surface area contributed by atoms with Gasteiger partial charge < -0.3 is 10.1 Å². The smallest absolute Gasteiger partial charge is 0.321 e. The SMILES string of the molecule is O=PN[C@@H](Cc1cnc[nH]1)C(=O)O. The maximum atomic E-state index is 10.6. The molecule has 1 atom stereocenters. The molecule has 0 aromatic carbocycles. The van der Waals surface area contributed by atoms with Crippen molar-refractivity contribution >= 4 is 14.6 Å². The van der Waals surface area contributed by atoms with E-state index in [2.05, 4.69) is 15.1 Å². The van der Waals surface area contributed by atoms with Crippen LogP contribution in [0.25, 0.3) is 0 Å². The monoisotopic (exact) mass is 201 g/mol. The maximum absolute atomic E-state index is 10.6. The number of hydrogen-bond donors (Lipinski definition) is 3. The van der Waals surface area contributed by atoms with E-state index in [1.54, 1.807) is 0 Å². The van der Waals surface area contributed by atoms with Gasteiger partial charge in [0.25, 0.3) is 0 Å². The van der Waals surface area contributed by atoms with Crippen molar-refractivity contribution in [3.63, 3.8) is 0 Å². The minimum absolute atomic E-state index is 0.227. The van der Waals surface area contributed by atoms with Crippen molar-refractivity contribution in [1.82, 2.24) is 15.1 Å². The predicted octanol–water partition coefficient (Wildman–Crippen LogP) is 0.202. The quantitative estimate of drug-likeness (QED) is 0.591. The molecule has 1 heterocycles. The number of carboxylic acids is 1. The molecule has 0 unspecified atom stereocenters. The van der Waals surface area contributed by atoms with Crippen molar-refractivity contribution in [2.45, 2.75) is 12.5 Å². The first-order chi connectivity index (χ1) is 6.24. The van der Waals surface area contributed by atoms with Crippen molar-refractivity contribution in [1.29, 1.82) is 0 Å². The Labute approximate surface area is 75.6 Å². The number of hydrogen-bond acceptors (Lipinski definition) is 3. The highest BCUT2D eigenvalue weighted by atomic mass is 31.1. The number of aliphatic carboxylic acids is 1. The van der Waals surface area contributed by atoms with Crippen LogP contribution in [0.4, 0.5) is 0 Å². The summed E-state index contributed by atoms with van der Waals surface area (Å²) < 4.78 is 10.1. The highest BCUT2D eigenvalue weighted by molar-refractivity contribution is 7.21. The molecule has 0 aliphatic carbocycles. The van der Waals surface area contributed by atoms with Gasteiger partial charge in [-0.1, -0.05) is 0 Å². The molecule has 6 nitrogen and oxygen atoms in total. The van der Waals surface area contributed by atoms with Crippen molar-refractivity contribution in [2.75, 3.05) is 0 Å². The van der Waals surface area contributed by atoms with Gasteiger partial charge in [0.1, 0.15) is 6.04 Å². The Morgan fingerprint density at radius 2 is 2.62 bits per heavy atom. The third-order valence-corrected chi connectivity index (χ3v) is 1.90. The largest absolute Gasteiger partial charge is 0.480 e. The van der Waals surface area contributed by atoms with Crippen molar-refractivity contribution < 1.29 is 14.5 Å². The number of rotatable bonds is 5. The summed E-state index contributed by atoms with van der Waals surface area (Å²) >= 11 is 0. The van der Waals surface area contributed by atoms with Gasteiger partial charge in [-0.25, -0.2) is 10.1 Å². The van der Waals surface area contributed by atoms with Crippen LogP contribution in [0.2, 0.25) is 0 Å². The molecule has 0 spiro atoms. The first-order valence-corrected chi connectivity index (χ1v) is 4.33. The summed E-state index contributed by atoms with van der Waals surface area (Å²) in [6.07, 6.45) is 3.22. The lowest BCUT2D eigenvalue weighted by Crippen LogP contribution is -2.32. The fourth-order valence-corrected chi connectivity index (χ4v) is 1.20. The fourth-order valence-electron chi connectivity index (χ4n) is 0.868. The van der Waals surface area contributed by atoms with Gasteiger partial charge in [0.05, 0.1) is 6.33 Å². The topological polar surface area (TPSA) is 95.1 Å². The molecule has 0 saturated heterocycles. The van der Waals surface area contributed by atoms with E-state index < -0.39 is 12.0 Å². The average Bonchev–Trinajstić information content (AvgIpc) is 2.56. The molecule has 0 fully saturated rings. The standard InChI is InChI=1S/C6H8N3O3P/c10-6(11)5(9-13-12)1-4-2-7-3-8-4/h2-3,5H,1H2,(H,7,8)(H,9,12)(H,10,11)/t5-/m0/s1. The van der Waals surface area contributed by atoms with E-state index in [1.165, 1.54) is 12.5 Å². The molecule has 1 rings (SSSR count). The molecule has 1 aromatic heterocycles. The van der Waals surface area contributed by atoms with Crippen LogP contribution in [0.15, 0.2) is 12.5 Å². The molecule has 0 aliphatic rings. The van der Waals surface area contributed by atoms with E-state index in [0.29, 0.717) is 5.69 Å². The number of nitrogens with zero attached hydrogens (tertiary/aromatic N) is 1. The third kappa shape index (κ3) is 2.93. The molecule has 1 aromatic rings. The first kappa shape index (κ1) is 9.83. The molecule has 0 amide bonds. The molecular formula is C6H8N3O3P. The lowest BCUT2D eigenvalue weighted by Gasteiger charge is -2.06. The summed E-state index contributed by atoms with van der Waals surface area (Å²) in [6.45, 7) is 0. The second kappa shape index (κ2) is 4.69. The van der Waals surface area contributed by atoms with Gasteiger partial charge in [-0.05, 0) is 0 Å². The molecule has 13 heavy (non-hydrogen) atoms. The second-order valence-electron chi connectivity index (χ2n) is 2.39. The van der Waals surface area contributed by atoms with Crippen LogP contribution >= 0.6 is 8.61 Å². The molecule has 70 valence electrons. The summed E-state index contributed by atoms with van der Waals surface area (Å²) in [4.78, 5) is 17.1. The van der Waals surface area contributed by atoms with Crippen LogP contribution in [0.5, 0.6) is 0 Å². The zero-order valence-electron chi connectivity index (χ0n) is 6.60. The zero-order chi connectivity index (χ0) is 9.68. The summed E-state index contributed by atoms with van der Waals surface area (Å²) in [6, 6.07) is -0.861. The third-order valence-electron chi connectivity index (χ3n) is 1.49. The Morgan fingerprint density at radius 1 is 1.85 bits per heavy atom. The lowest BCUT2D eigenvalue weighted by molar-refractivity contribution is -0.138. The van der Waals surface area contributed by atoms with Crippen LogP contribution in [0.3, 0.4) is 0 Å². The molecular weight excluding hydrogens is 193 g/mol. The van der Waals surface area contributed by atoms with E-state index >= 15 is 0 Å². The lowest BCUT2D eigenvalue weighted by atomic mass is 10.2. The van der Waals surface area contributed by atoms with E-state index in [-0.39, 0.29) is 15.0 Å². The number of H-pyrrole nitrogens is 1. The van der Waals surface area contributed by atoms with Crippen LogP contribution in [0, 0.1) is 0 Å². The molecule has 3 N–H and O–H groups in total. The number of aromatic nitrogens is 2. The Kier molecular flexibility index (Phi) is 3.54. The number of aromatic amines is 1.